The maximum Gasteiger partial charge on any atom is 0.336 e. The van der Waals surface area contributed by atoms with Crippen LogP contribution in [0.4, 0.5) is 0 Å². The second kappa shape index (κ2) is 9.60. The summed E-state index contributed by atoms with van der Waals surface area (Å²) in [5.41, 5.74) is 4.23. The number of hydrogen-bond acceptors (Lipinski definition) is 3. The predicted octanol–water partition coefficient (Wildman–Crippen LogP) is 5.48. The van der Waals surface area contributed by atoms with E-state index in [2.05, 4.69) is 26.0 Å². The van der Waals surface area contributed by atoms with Crippen LogP contribution >= 0.6 is 0 Å². The van der Waals surface area contributed by atoms with Gasteiger partial charge in [-0.05, 0) is 34.2 Å². The van der Waals surface area contributed by atoms with Crippen molar-refractivity contribution < 1.29 is 9.90 Å². The first-order valence-electron chi connectivity index (χ1n) is 10.9. The molecule has 0 atom stereocenters. The highest BCUT2D eigenvalue weighted by Crippen LogP contribution is 2.25. The van der Waals surface area contributed by atoms with Gasteiger partial charge in [0, 0.05) is 19.4 Å². The SMILES string of the molecule is CC(C)Cn1nc(Cc2ccccc2)nc1Cc1ccc(-c2ccccc2C(=O)O)cc1. The molecular formula is C27H27N3O2. The van der Waals surface area contributed by atoms with E-state index in [4.69, 9.17) is 10.1 Å². The van der Waals surface area contributed by atoms with E-state index in [1.165, 1.54) is 5.56 Å². The minimum absolute atomic E-state index is 0.308. The fourth-order valence-electron chi connectivity index (χ4n) is 3.81. The lowest BCUT2D eigenvalue weighted by molar-refractivity contribution is 0.0697. The van der Waals surface area contributed by atoms with E-state index in [9.17, 15) is 9.90 Å². The van der Waals surface area contributed by atoms with Crippen LogP contribution < -0.4 is 0 Å². The summed E-state index contributed by atoms with van der Waals surface area (Å²) in [6, 6.07) is 25.4. The lowest BCUT2D eigenvalue weighted by Crippen LogP contribution is -2.11. The van der Waals surface area contributed by atoms with Gasteiger partial charge in [-0.1, -0.05) is 86.6 Å². The van der Waals surface area contributed by atoms with Crippen molar-refractivity contribution in [2.45, 2.75) is 33.2 Å². The Kier molecular flexibility index (Phi) is 6.45. The van der Waals surface area contributed by atoms with E-state index in [-0.39, 0.29) is 0 Å². The molecule has 0 bridgehead atoms. The average molecular weight is 426 g/mol. The molecule has 0 aliphatic rings. The standard InChI is InChI=1S/C27H27N3O2/c1-19(2)18-30-26(28-25(29-30)16-20-8-4-3-5-9-20)17-21-12-14-22(15-13-21)23-10-6-7-11-24(23)27(31)32/h3-15,19H,16-18H2,1-2H3,(H,31,32). The van der Waals surface area contributed by atoms with Crippen molar-refractivity contribution in [3.8, 4) is 11.1 Å². The highest BCUT2D eigenvalue weighted by molar-refractivity contribution is 5.95. The first kappa shape index (κ1) is 21.5. The minimum Gasteiger partial charge on any atom is -0.478 e. The quantitative estimate of drug-likeness (QED) is 0.406. The van der Waals surface area contributed by atoms with Gasteiger partial charge in [-0.25, -0.2) is 14.5 Å². The van der Waals surface area contributed by atoms with Gasteiger partial charge >= 0.3 is 5.97 Å². The van der Waals surface area contributed by atoms with E-state index < -0.39 is 5.97 Å². The van der Waals surface area contributed by atoms with Crippen LogP contribution in [0.25, 0.3) is 11.1 Å². The average Bonchev–Trinajstić information content (AvgIpc) is 3.14. The van der Waals surface area contributed by atoms with E-state index in [0.29, 0.717) is 24.3 Å². The molecule has 0 saturated heterocycles. The molecular weight excluding hydrogens is 398 g/mol. The second-order valence-corrected chi connectivity index (χ2v) is 8.41. The van der Waals surface area contributed by atoms with Crippen LogP contribution in [0, 0.1) is 5.92 Å². The van der Waals surface area contributed by atoms with Crippen molar-refractivity contribution in [1.82, 2.24) is 14.8 Å². The maximum absolute atomic E-state index is 11.5. The van der Waals surface area contributed by atoms with Crippen LogP contribution in [-0.4, -0.2) is 25.8 Å². The number of carboxylic acids is 1. The third kappa shape index (κ3) is 5.11. The van der Waals surface area contributed by atoms with Crippen LogP contribution in [0.3, 0.4) is 0 Å². The van der Waals surface area contributed by atoms with Gasteiger partial charge in [-0.2, -0.15) is 5.10 Å². The summed E-state index contributed by atoms with van der Waals surface area (Å²) < 4.78 is 2.02. The van der Waals surface area contributed by atoms with Gasteiger partial charge in [-0.15, -0.1) is 0 Å². The molecule has 0 spiro atoms. The van der Waals surface area contributed by atoms with Crippen molar-refractivity contribution in [1.29, 1.82) is 0 Å². The van der Waals surface area contributed by atoms with Crippen molar-refractivity contribution >= 4 is 5.97 Å². The number of benzene rings is 3. The van der Waals surface area contributed by atoms with Gasteiger partial charge in [0.2, 0.25) is 0 Å². The fourth-order valence-corrected chi connectivity index (χ4v) is 3.81. The fraction of sp³-hybridized carbons (Fsp3) is 0.222. The van der Waals surface area contributed by atoms with Gasteiger partial charge < -0.3 is 5.11 Å². The van der Waals surface area contributed by atoms with Gasteiger partial charge in [0.05, 0.1) is 5.56 Å². The van der Waals surface area contributed by atoms with Crippen molar-refractivity contribution in [2.75, 3.05) is 0 Å². The van der Waals surface area contributed by atoms with Crippen LogP contribution in [0.15, 0.2) is 78.9 Å². The molecule has 0 amide bonds. The monoisotopic (exact) mass is 425 g/mol. The largest absolute Gasteiger partial charge is 0.478 e. The molecule has 1 aromatic heterocycles. The van der Waals surface area contributed by atoms with Gasteiger partial charge in [-0.3, -0.25) is 0 Å². The molecule has 0 saturated carbocycles. The molecule has 0 fully saturated rings. The molecule has 0 aliphatic heterocycles. The zero-order chi connectivity index (χ0) is 22.5. The lowest BCUT2D eigenvalue weighted by atomic mass is 9.98. The first-order chi connectivity index (χ1) is 15.5. The number of carbonyl (C=O) groups is 1. The van der Waals surface area contributed by atoms with Crippen LogP contribution in [0.5, 0.6) is 0 Å². The lowest BCUT2D eigenvalue weighted by Gasteiger charge is -2.10. The maximum atomic E-state index is 11.5. The van der Waals surface area contributed by atoms with E-state index in [1.807, 2.05) is 59.3 Å². The van der Waals surface area contributed by atoms with Crippen molar-refractivity contribution in [3.05, 3.63) is 107 Å². The number of nitrogens with zero attached hydrogens (tertiary/aromatic N) is 3. The predicted molar refractivity (Wildman–Crippen MR) is 126 cm³/mol. The Labute approximate surface area is 188 Å². The molecule has 1 N–H and O–H groups in total. The number of carboxylic acid groups (broad SMARTS) is 1. The summed E-state index contributed by atoms with van der Waals surface area (Å²) in [6.07, 6.45) is 1.39. The number of hydrogen-bond donors (Lipinski definition) is 1. The Morgan fingerprint density at radius 3 is 2.22 bits per heavy atom. The molecule has 4 rings (SSSR count). The van der Waals surface area contributed by atoms with Crippen LogP contribution in [0.2, 0.25) is 0 Å². The molecule has 3 aromatic carbocycles. The van der Waals surface area contributed by atoms with E-state index in [0.717, 1.165) is 34.9 Å². The Morgan fingerprint density at radius 2 is 1.53 bits per heavy atom. The highest BCUT2D eigenvalue weighted by Gasteiger charge is 2.14. The smallest absolute Gasteiger partial charge is 0.336 e. The molecule has 4 aromatic rings. The summed E-state index contributed by atoms with van der Waals surface area (Å²) in [4.78, 5) is 16.4. The first-order valence-corrected chi connectivity index (χ1v) is 10.9. The molecule has 5 heteroatoms. The Bertz CT molecular complexity index is 1200. The summed E-state index contributed by atoms with van der Waals surface area (Å²) in [5, 5.41) is 14.2. The number of aromatic carboxylic acids is 1. The normalized spacial score (nSPS) is 11.1. The van der Waals surface area contributed by atoms with Gasteiger partial charge in [0.1, 0.15) is 5.82 Å². The molecule has 0 unspecified atom stereocenters. The summed E-state index contributed by atoms with van der Waals surface area (Å²) in [7, 11) is 0. The summed E-state index contributed by atoms with van der Waals surface area (Å²) >= 11 is 0. The third-order valence-corrected chi connectivity index (χ3v) is 5.32. The topological polar surface area (TPSA) is 68.0 Å². The summed E-state index contributed by atoms with van der Waals surface area (Å²) in [6.45, 7) is 5.18. The van der Waals surface area contributed by atoms with Crippen LogP contribution in [0.1, 0.15) is 47.0 Å². The number of aromatic nitrogens is 3. The van der Waals surface area contributed by atoms with Crippen molar-refractivity contribution in [3.63, 3.8) is 0 Å². The minimum atomic E-state index is -0.919. The van der Waals surface area contributed by atoms with Gasteiger partial charge in [0.25, 0.3) is 0 Å². The van der Waals surface area contributed by atoms with Gasteiger partial charge in [0.15, 0.2) is 5.82 Å². The Balaban J connectivity index is 1.57. The summed E-state index contributed by atoms with van der Waals surface area (Å²) in [5.74, 6) is 1.33. The van der Waals surface area contributed by atoms with Crippen molar-refractivity contribution in [2.24, 2.45) is 5.92 Å². The Morgan fingerprint density at radius 1 is 0.875 bits per heavy atom. The molecule has 5 nitrogen and oxygen atoms in total. The third-order valence-electron chi connectivity index (χ3n) is 5.32. The highest BCUT2D eigenvalue weighted by atomic mass is 16.4. The molecule has 1 heterocycles. The van der Waals surface area contributed by atoms with E-state index in [1.54, 1.807) is 12.1 Å². The zero-order valence-electron chi connectivity index (χ0n) is 18.4. The van der Waals surface area contributed by atoms with E-state index >= 15 is 0 Å². The molecule has 0 aliphatic carbocycles. The molecule has 32 heavy (non-hydrogen) atoms. The molecule has 0 radical (unpaired) electrons. The zero-order valence-corrected chi connectivity index (χ0v) is 18.4. The van der Waals surface area contributed by atoms with Crippen LogP contribution in [-0.2, 0) is 19.4 Å². The number of rotatable bonds is 8. The second-order valence-electron chi connectivity index (χ2n) is 8.41. The molecule has 162 valence electrons. The Hall–Kier alpha value is -3.73.